The molecule has 6 aliphatic rings. The molecule has 0 unspecified atom stereocenters. The zero-order valence-corrected chi connectivity index (χ0v) is 36.2. The van der Waals surface area contributed by atoms with Crippen LogP contribution in [0.25, 0.3) is 0 Å². The summed E-state index contributed by atoms with van der Waals surface area (Å²) in [4.78, 5) is 46.0. The van der Waals surface area contributed by atoms with Crippen LogP contribution in [0.3, 0.4) is 0 Å². The minimum Gasteiger partial charge on any atom is -0.453 e. The van der Waals surface area contributed by atoms with Gasteiger partial charge in [0.15, 0.2) is 47.9 Å². The first-order chi connectivity index (χ1) is 31.4. The fourth-order valence-corrected chi connectivity index (χ4v) is 7.62. The molecule has 0 aromatic heterocycles. The van der Waals surface area contributed by atoms with Crippen LogP contribution in [-0.4, -0.2) is 148 Å². The predicted octanol–water partition coefficient (Wildman–Crippen LogP) is 4.29. The zero-order chi connectivity index (χ0) is 45.9. The Labute approximate surface area is 371 Å². The van der Waals surface area contributed by atoms with Gasteiger partial charge in [-0.3, -0.25) is 21.3 Å². The van der Waals surface area contributed by atoms with Crippen LogP contribution in [0, 0.1) is 0 Å². The van der Waals surface area contributed by atoms with Crippen molar-refractivity contribution in [2.75, 3.05) is 90.1 Å². The number of nitrogens with zero attached hydrogens (tertiary/aromatic N) is 4. The number of benzene rings is 4. The Morgan fingerprint density at radius 1 is 0.415 bits per heavy atom. The smallest absolute Gasteiger partial charge is 0.453 e. The molecule has 21 heteroatoms. The first-order valence-corrected chi connectivity index (χ1v) is 20.0. The van der Waals surface area contributed by atoms with Gasteiger partial charge in [-0.05, 0) is 72.8 Å². The van der Waals surface area contributed by atoms with E-state index in [0.717, 1.165) is 22.3 Å². The van der Waals surface area contributed by atoms with E-state index in [1.165, 1.54) is 28.4 Å². The number of nitrogens with one attached hydrogen (secondary N) is 4. The molecule has 0 bridgehead atoms. The number of hydrogen-bond acceptors (Lipinski definition) is 13. The van der Waals surface area contributed by atoms with Gasteiger partial charge in [0.1, 0.15) is 0 Å². The molecule has 65 heavy (non-hydrogen) atoms. The van der Waals surface area contributed by atoms with E-state index in [4.69, 9.17) is 18.9 Å². The van der Waals surface area contributed by atoms with Gasteiger partial charge in [0.2, 0.25) is 26.2 Å². The van der Waals surface area contributed by atoms with E-state index >= 15 is 0 Å². The third-order valence-corrected chi connectivity index (χ3v) is 10.5. The molecule has 4 N–H and O–H groups in total. The highest BCUT2D eigenvalue weighted by Crippen LogP contribution is 2.40. The maximum absolute atomic E-state index is 11.5. The first-order valence-electron chi connectivity index (χ1n) is 20.0. The molecule has 0 atom stereocenters. The molecule has 4 aromatic carbocycles. The lowest BCUT2D eigenvalue weighted by Gasteiger charge is -2.27. The van der Waals surface area contributed by atoms with E-state index in [9.17, 15) is 19.2 Å². The second-order valence-electron chi connectivity index (χ2n) is 14.7. The van der Waals surface area contributed by atoms with E-state index in [1.54, 1.807) is 62.8 Å². The lowest BCUT2D eigenvalue weighted by molar-refractivity contribution is -0.855. The maximum atomic E-state index is 11.5. The number of fused-ring (bicyclic) bond motifs is 4. The quantitative estimate of drug-likeness (QED) is 0.167. The van der Waals surface area contributed by atoms with E-state index in [2.05, 4.69) is 45.0 Å². The van der Waals surface area contributed by atoms with Gasteiger partial charge < -0.3 is 42.6 Å². The van der Waals surface area contributed by atoms with Gasteiger partial charge >= 0.3 is 36.4 Å². The number of amides is 4. The predicted molar refractivity (Wildman–Crippen MR) is 232 cm³/mol. The molecule has 4 aromatic rings. The second kappa shape index (κ2) is 17.9. The number of hydrogen-bond donors (Lipinski definition) is 4. The normalized spacial score (nSPS) is 16.1. The van der Waals surface area contributed by atoms with Crippen molar-refractivity contribution in [2.24, 2.45) is 0 Å². The van der Waals surface area contributed by atoms with Crippen LogP contribution >= 0.6 is 0 Å². The summed E-state index contributed by atoms with van der Waals surface area (Å²) in [6.07, 6.45) is 5.65. The Balaban J connectivity index is 0.000000167. The number of ether oxygens (including phenoxy) is 9. The third-order valence-electron chi connectivity index (χ3n) is 10.5. The summed E-state index contributed by atoms with van der Waals surface area (Å²) in [5.74, 6) is 2.50. The summed E-state index contributed by atoms with van der Waals surface area (Å²) in [7, 11) is 8.51. The SMILES string of the molecule is COC.COC(=O)Nc1ccc2c(c1)C=[N+]1CC[N+]3=Cc4cc(NC(=O)OC)ccc4OC13O2.COC(=O)Nc1ccc2c(c1)C=[N+]1CC[N+]3=Cc4cc(NC(=O)OC)ccc4OC13O2. The summed E-state index contributed by atoms with van der Waals surface area (Å²) in [5.41, 5.74) is 5.66. The van der Waals surface area contributed by atoms with Crippen molar-refractivity contribution < 1.29 is 80.1 Å². The molecule has 10 rings (SSSR count). The van der Waals surface area contributed by atoms with Gasteiger partial charge in [-0.25, -0.2) is 19.2 Å². The number of anilines is 4. The third kappa shape index (κ3) is 8.51. The first kappa shape index (κ1) is 43.4. The highest BCUT2D eigenvalue weighted by atomic mass is 16.8. The summed E-state index contributed by atoms with van der Waals surface area (Å²) < 4.78 is 56.0. The molecule has 6 heterocycles. The van der Waals surface area contributed by atoms with Gasteiger partial charge in [0.25, 0.3) is 0 Å². The van der Waals surface area contributed by atoms with Crippen LogP contribution in [-0.2, 0) is 23.7 Å². The number of rotatable bonds is 4. The van der Waals surface area contributed by atoms with Crippen LogP contribution in [0.1, 0.15) is 22.3 Å². The van der Waals surface area contributed by atoms with Crippen molar-refractivity contribution in [3.05, 3.63) is 95.1 Å². The van der Waals surface area contributed by atoms with E-state index in [0.29, 0.717) is 71.9 Å². The van der Waals surface area contributed by atoms with Crippen molar-refractivity contribution in [1.82, 2.24) is 0 Å². The Morgan fingerprint density at radius 3 is 0.831 bits per heavy atom. The average molecular weight is 895 g/mol. The summed E-state index contributed by atoms with van der Waals surface area (Å²) in [6, 6.07) is 19.1. The van der Waals surface area contributed by atoms with Crippen molar-refractivity contribution in [3.8, 4) is 23.0 Å². The minimum atomic E-state index is -1.13. The fourth-order valence-electron chi connectivity index (χ4n) is 7.62. The molecular formula is C44H46N8O13+4. The largest absolute Gasteiger partial charge is 0.704 e. The molecule has 336 valence electrons. The van der Waals surface area contributed by atoms with Gasteiger partial charge in [-0.2, -0.15) is 0 Å². The maximum Gasteiger partial charge on any atom is 0.704 e. The summed E-state index contributed by atoms with van der Waals surface area (Å²) in [5, 5.41) is 10.6. The lowest BCUT2D eigenvalue weighted by atomic mass is 10.1. The second-order valence-corrected chi connectivity index (χ2v) is 14.7. The molecule has 2 spiro atoms. The zero-order valence-electron chi connectivity index (χ0n) is 36.2. The Kier molecular flexibility index (Phi) is 12.0. The van der Waals surface area contributed by atoms with Gasteiger partial charge in [-0.1, -0.05) is 18.3 Å². The van der Waals surface area contributed by atoms with E-state index in [-0.39, 0.29) is 0 Å². The van der Waals surface area contributed by atoms with Crippen LogP contribution in [0.2, 0.25) is 0 Å². The van der Waals surface area contributed by atoms with Gasteiger partial charge in [0, 0.05) is 37.0 Å². The van der Waals surface area contributed by atoms with Crippen LogP contribution in [0.15, 0.2) is 72.8 Å². The number of carbonyl (C=O) groups is 4. The molecular weight excluding hydrogens is 849 g/mol. The van der Waals surface area contributed by atoms with Crippen molar-refractivity contribution >= 4 is 72.0 Å². The van der Waals surface area contributed by atoms with Gasteiger partial charge in [-0.15, -0.1) is 0 Å². The van der Waals surface area contributed by atoms with Gasteiger partial charge in [0.05, 0.1) is 50.7 Å². The Bertz CT molecular complexity index is 2370. The number of carbonyl (C=O) groups excluding carboxylic acids is 4. The molecule has 4 amide bonds. The lowest BCUT2D eigenvalue weighted by Crippen LogP contribution is -2.59. The van der Waals surface area contributed by atoms with Crippen molar-refractivity contribution in [1.29, 1.82) is 0 Å². The highest BCUT2D eigenvalue weighted by Gasteiger charge is 2.69. The Morgan fingerprint density at radius 2 is 0.631 bits per heavy atom. The van der Waals surface area contributed by atoms with E-state index < -0.39 is 36.4 Å². The van der Waals surface area contributed by atoms with Crippen LogP contribution in [0.4, 0.5) is 41.9 Å². The van der Waals surface area contributed by atoms with Crippen molar-refractivity contribution in [2.45, 2.75) is 12.1 Å². The fraction of sp³-hybridized carbons (Fsp3) is 0.273. The molecule has 6 aliphatic heterocycles. The highest BCUT2D eigenvalue weighted by molar-refractivity contribution is 5.92. The molecule has 2 saturated heterocycles. The van der Waals surface area contributed by atoms with Crippen molar-refractivity contribution in [3.63, 3.8) is 0 Å². The summed E-state index contributed by atoms with van der Waals surface area (Å²) in [6.45, 7) is 2.69. The molecule has 21 nitrogen and oxygen atoms in total. The molecule has 0 radical (unpaired) electrons. The molecule has 0 saturated carbocycles. The average Bonchev–Trinajstić information content (AvgIpc) is 3.85. The molecule has 2 fully saturated rings. The van der Waals surface area contributed by atoms with E-state index in [1.807, 2.05) is 67.4 Å². The van der Waals surface area contributed by atoms with Crippen LogP contribution in [0.5, 0.6) is 23.0 Å². The minimum absolute atomic E-state index is 0.539. The monoisotopic (exact) mass is 894 g/mol. The summed E-state index contributed by atoms with van der Waals surface area (Å²) >= 11 is 0. The Hall–Kier alpha value is -8.20. The number of methoxy groups -OCH3 is 5. The standard InChI is InChI=1S/2C21H18N4O6.C2H6O/c2*1-28-19(26)22-15-3-5-17-13(9-15)11-24-7-8-25-12-14-10-16(23-20(27)29-2)4-6-18(14)31-21(24,25)30-17;1-3-2/h2*3-6,9-12H,7-8H2,1-2H3;1-2H3/p+4. The topological polar surface area (TPSA) is 212 Å². The molecule has 0 aliphatic carbocycles. The van der Waals surface area contributed by atoms with Crippen LogP contribution < -0.4 is 40.2 Å².